The first kappa shape index (κ1) is 71.5. The van der Waals surface area contributed by atoms with E-state index in [1.165, 1.54) is 13.8 Å². The molecule has 11 rings (SSSR count). The number of fused-ring (bicyclic) bond motifs is 12. The van der Waals surface area contributed by atoms with E-state index in [9.17, 15) is 38.7 Å². The first-order valence-electron chi connectivity index (χ1n) is 33.8. The Balaban J connectivity index is 0.000000219. The summed E-state index contributed by atoms with van der Waals surface area (Å²) in [6.45, 7) is 15.7. The molecule has 0 bridgehead atoms. The molecule has 4 aliphatic heterocycles. The van der Waals surface area contributed by atoms with Crippen LogP contribution in [0.25, 0.3) is 0 Å². The number of ketones is 3. The first-order chi connectivity index (χ1) is 46.8. The predicted octanol–water partition coefficient (Wildman–Crippen LogP) is 13.8. The molecule has 9 N–H and O–H groups in total. The molecule has 0 aromatic heterocycles. The summed E-state index contributed by atoms with van der Waals surface area (Å²) >= 11 is 1.62. The van der Waals surface area contributed by atoms with Crippen molar-refractivity contribution in [1.82, 2.24) is 10.6 Å². The number of ether oxygens (including phenoxy) is 4. The van der Waals surface area contributed by atoms with Gasteiger partial charge in [0.2, 0.25) is 23.6 Å². The Hall–Kier alpha value is -9.30. The molecular formula is C79H90N6O12S. The second-order valence-electron chi connectivity index (χ2n) is 27.6. The Kier molecular flexibility index (Phi) is 22.6. The molecule has 7 aromatic rings. The van der Waals surface area contributed by atoms with Crippen LogP contribution in [0.15, 0.2) is 146 Å². The molecule has 4 amide bonds. The maximum absolute atomic E-state index is 14.2. The summed E-state index contributed by atoms with van der Waals surface area (Å²) in [5.74, 6) is -0.105. The largest absolute Gasteiger partial charge is 0.508 e. The summed E-state index contributed by atoms with van der Waals surface area (Å²) < 4.78 is 26.0. The Morgan fingerprint density at radius 3 is 1.40 bits per heavy atom. The number of Topliss-reactive ketones (excluding diaryl/α,β-unsaturated/α-hetero) is 3. The number of benzene rings is 7. The molecule has 0 saturated carbocycles. The number of aromatic hydroxyl groups is 1. The van der Waals surface area contributed by atoms with Gasteiger partial charge in [0.1, 0.15) is 34.5 Å². The number of carbonyl (C=O) groups is 7. The zero-order valence-electron chi connectivity index (χ0n) is 57.3. The lowest BCUT2D eigenvalue weighted by Gasteiger charge is -2.37. The normalized spacial score (nSPS) is 17.4. The number of nitrogens with one attached hydrogen (secondary N) is 4. The second-order valence-corrected chi connectivity index (χ2v) is 28.5. The van der Waals surface area contributed by atoms with E-state index in [0.29, 0.717) is 84.6 Å². The van der Waals surface area contributed by atoms with E-state index >= 15 is 0 Å². The van der Waals surface area contributed by atoms with Crippen LogP contribution in [-0.2, 0) is 73.9 Å². The third-order valence-corrected chi connectivity index (χ3v) is 19.1. The summed E-state index contributed by atoms with van der Waals surface area (Å²) in [4.78, 5) is 92.6. The zero-order chi connectivity index (χ0) is 70.2. The molecule has 0 saturated heterocycles. The van der Waals surface area contributed by atoms with Crippen LogP contribution < -0.4 is 42.2 Å². The second kappa shape index (κ2) is 31.1. The van der Waals surface area contributed by atoms with Crippen molar-refractivity contribution in [2.45, 2.75) is 143 Å². The van der Waals surface area contributed by atoms with Crippen molar-refractivity contribution in [3.63, 3.8) is 0 Å². The molecule has 0 radical (unpaired) electrons. The minimum absolute atomic E-state index is 0.0475. The van der Waals surface area contributed by atoms with E-state index in [0.717, 1.165) is 55.8 Å². The van der Waals surface area contributed by atoms with Crippen LogP contribution in [0.4, 0.5) is 22.7 Å². The number of rotatable bonds is 26. The highest BCUT2D eigenvalue weighted by molar-refractivity contribution is 7.98. The van der Waals surface area contributed by atoms with Gasteiger partial charge in [-0.15, -0.1) is 0 Å². The SMILES string of the molecule is CC(=O)C[C@@H](CC(C)C)C(=O)N[C@@H](CC(C)C)C(=O)C[C@@H](Cc1ccc(O)cc1)C(=O)Nc1ccc2c(c1)Oc1cc(N)ccc1C21OCc2ccccc21.CSCC[C@H](CC(=O)[C@H](CC(C)C)NC(C)=O)C(=O)Nc1ccc2c(c1)Oc1cc(N)ccc1C21OCc2ccccc21. The van der Waals surface area contributed by atoms with E-state index in [4.69, 9.17) is 30.4 Å². The summed E-state index contributed by atoms with van der Waals surface area (Å²) in [6, 6.07) is 43.5. The van der Waals surface area contributed by atoms with Gasteiger partial charge >= 0.3 is 0 Å². The average Bonchev–Trinajstić information content (AvgIpc) is 1.45. The summed E-state index contributed by atoms with van der Waals surface area (Å²) in [5.41, 5.74) is 21.0. The highest BCUT2D eigenvalue weighted by Gasteiger charge is 2.51. The number of nitrogens with two attached hydrogens (primary N) is 2. The highest BCUT2D eigenvalue weighted by atomic mass is 32.2. The van der Waals surface area contributed by atoms with Crippen molar-refractivity contribution < 1.29 is 57.6 Å². The van der Waals surface area contributed by atoms with Gasteiger partial charge in [-0.25, -0.2) is 0 Å². The number of phenols is 1. The van der Waals surface area contributed by atoms with Crippen LogP contribution in [0.1, 0.15) is 150 Å². The molecular weight excluding hydrogens is 1260 g/mol. The standard InChI is InChI=1S/C45H51N3O7.C34H39N3O5S/c1-26(2)18-31(20-28(5)49)44(53)48-39(19-27(3)4)40(51)22-32(21-29-10-14-35(50)15-11-29)43(52)47-34-13-17-38-42(24-34)55-41-23-33(46)12-16-37(41)45(38)36-9-7-6-8-30(36)25-54-45;1-20(2)15-29(36-21(3)38)30(39)16-22(13-14-43-4)33(40)37-25-10-12-28-32(18-25)42-31-17-24(35)9-11-27(31)34(28)26-8-6-5-7-23(26)19-41-34/h6-17,23-24,26-27,31-32,39,50H,18-22,25,46H2,1-5H3,(H,47,52)(H,48,53);5-12,17-18,20,22,29H,13-16,19,35H2,1-4H3,(H,36,38)(H,37,40)/t31-,32-,39+,45?;22-,29+,34?/m11/s1. The summed E-state index contributed by atoms with van der Waals surface area (Å²) in [7, 11) is 0. The molecule has 4 heterocycles. The fourth-order valence-corrected chi connectivity index (χ4v) is 14.5. The predicted molar refractivity (Wildman–Crippen MR) is 382 cm³/mol. The maximum atomic E-state index is 14.2. The third kappa shape index (κ3) is 16.1. The molecule has 18 nitrogen and oxygen atoms in total. The molecule has 19 heteroatoms. The molecule has 4 aliphatic rings. The molecule has 0 aliphatic carbocycles. The number of carbonyl (C=O) groups excluding carboxylic acids is 7. The monoisotopic (exact) mass is 1350 g/mol. The van der Waals surface area contributed by atoms with Crippen molar-refractivity contribution in [1.29, 1.82) is 0 Å². The van der Waals surface area contributed by atoms with Crippen molar-refractivity contribution >= 4 is 75.5 Å². The van der Waals surface area contributed by atoms with Crippen molar-refractivity contribution in [2.75, 3.05) is 34.1 Å². The van der Waals surface area contributed by atoms with Gasteiger partial charge in [-0.3, -0.25) is 28.8 Å². The molecule has 98 heavy (non-hydrogen) atoms. The van der Waals surface area contributed by atoms with Gasteiger partial charge in [-0.1, -0.05) is 102 Å². The van der Waals surface area contributed by atoms with Crippen LogP contribution >= 0.6 is 11.8 Å². The Bertz CT molecular complexity index is 4130. The zero-order valence-corrected chi connectivity index (χ0v) is 58.1. The quantitative estimate of drug-likeness (QED) is 0.0248. The minimum atomic E-state index is -0.933. The van der Waals surface area contributed by atoms with Gasteiger partial charge in [-0.05, 0) is 157 Å². The number of hydrogen-bond acceptors (Lipinski definition) is 15. The Labute approximate surface area is 578 Å². The molecule has 7 aromatic carbocycles. The summed E-state index contributed by atoms with van der Waals surface area (Å²) in [5, 5.41) is 21.7. The first-order valence-corrected chi connectivity index (χ1v) is 35.1. The van der Waals surface area contributed by atoms with Gasteiger partial charge < -0.3 is 61.6 Å². The highest BCUT2D eigenvalue weighted by Crippen LogP contribution is 2.58. The maximum Gasteiger partial charge on any atom is 0.228 e. The molecule has 0 fully saturated rings. The molecule has 7 atom stereocenters. The average molecular weight is 1350 g/mol. The van der Waals surface area contributed by atoms with Crippen molar-refractivity contribution in [3.05, 3.63) is 196 Å². The van der Waals surface area contributed by atoms with Crippen LogP contribution in [0.3, 0.4) is 0 Å². The fraction of sp³-hybridized carbons (Fsp3) is 0.380. The van der Waals surface area contributed by atoms with Gasteiger partial charge in [-0.2, -0.15) is 11.8 Å². The lowest BCUT2D eigenvalue weighted by Crippen LogP contribution is -2.46. The van der Waals surface area contributed by atoms with E-state index < -0.39 is 41.0 Å². The number of phenolic OH excluding ortho intramolecular Hbond substituents is 1. The lowest BCUT2D eigenvalue weighted by atomic mass is 9.77. The lowest BCUT2D eigenvalue weighted by molar-refractivity contribution is -0.133. The van der Waals surface area contributed by atoms with Crippen molar-refractivity contribution in [3.8, 4) is 28.7 Å². The van der Waals surface area contributed by atoms with Crippen LogP contribution in [0.5, 0.6) is 28.7 Å². The van der Waals surface area contributed by atoms with Gasteiger partial charge in [0.05, 0.1) is 25.3 Å². The smallest absolute Gasteiger partial charge is 0.228 e. The van der Waals surface area contributed by atoms with E-state index in [-0.39, 0.29) is 90.2 Å². The fourth-order valence-electron chi connectivity index (χ4n) is 13.9. The Morgan fingerprint density at radius 1 is 0.500 bits per heavy atom. The molecule has 514 valence electrons. The molecule has 2 spiro atoms. The molecule has 2 unspecified atom stereocenters. The van der Waals surface area contributed by atoms with Crippen LogP contribution in [0, 0.1) is 35.5 Å². The van der Waals surface area contributed by atoms with Gasteiger partial charge in [0.15, 0.2) is 22.8 Å². The number of hydrogen-bond donors (Lipinski definition) is 7. The number of amides is 4. The van der Waals surface area contributed by atoms with E-state index in [2.05, 4.69) is 39.5 Å². The Morgan fingerprint density at radius 2 is 0.939 bits per heavy atom. The number of anilines is 4. The number of thioether (sulfide) groups is 1. The van der Waals surface area contributed by atoms with E-state index in [1.54, 1.807) is 66.4 Å². The van der Waals surface area contributed by atoms with Crippen LogP contribution in [-0.4, -0.2) is 70.2 Å². The van der Waals surface area contributed by atoms with Crippen LogP contribution in [0.2, 0.25) is 0 Å². The van der Waals surface area contributed by atoms with Gasteiger partial charge in [0, 0.05) is 113 Å². The van der Waals surface area contributed by atoms with Gasteiger partial charge in [0.25, 0.3) is 0 Å². The van der Waals surface area contributed by atoms with Crippen molar-refractivity contribution in [2.24, 2.45) is 35.5 Å². The minimum Gasteiger partial charge on any atom is -0.508 e. The number of nitrogen functional groups attached to an aromatic ring is 2. The van der Waals surface area contributed by atoms with E-state index in [1.807, 2.05) is 121 Å². The topological polar surface area (TPSA) is 277 Å². The third-order valence-electron chi connectivity index (χ3n) is 18.4. The summed E-state index contributed by atoms with van der Waals surface area (Å²) in [6.07, 6.45) is 4.14.